The van der Waals surface area contributed by atoms with Gasteiger partial charge in [0, 0.05) is 5.69 Å². The van der Waals surface area contributed by atoms with E-state index in [1.54, 1.807) is 0 Å². The minimum atomic E-state index is -0.519. The fraction of sp³-hybridized carbons (Fsp3) is 0.0833. The number of nitrogens with one attached hydrogen (secondary N) is 1. The number of nitrogens with zero attached hydrogens (tertiary/aromatic N) is 1. The topological polar surface area (TPSA) is 15.3 Å². The van der Waals surface area contributed by atoms with E-state index in [0.717, 1.165) is 24.2 Å². The zero-order valence-electron chi connectivity index (χ0n) is 28.0. The molecule has 1 aliphatic carbocycles. The number of benzene rings is 8. The number of rotatable bonds is 4. The first kappa shape index (κ1) is 28.9. The van der Waals surface area contributed by atoms with Crippen LogP contribution in [0.15, 0.2) is 164 Å². The lowest BCUT2D eigenvalue weighted by Crippen LogP contribution is -2.42. The van der Waals surface area contributed by atoms with Gasteiger partial charge >= 0.3 is 0 Å². The van der Waals surface area contributed by atoms with Gasteiger partial charge in [-0.25, -0.2) is 0 Å². The Morgan fingerprint density at radius 2 is 1.24 bits per heavy atom. The van der Waals surface area contributed by atoms with Gasteiger partial charge in [0.2, 0.25) is 0 Å². The van der Waals surface area contributed by atoms with Crippen molar-refractivity contribution in [1.29, 1.82) is 0 Å². The third-order valence-electron chi connectivity index (χ3n) is 11.0. The highest BCUT2D eigenvalue weighted by Crippen LogP contribution is 2.51. The van der Waals surface area contributed by atoms with Crippen molar-refractivity contribution in [3.8, 4) is 11.1 Å². The van der Waals surface area contributed by atoms with Gasteiger partial charge in [-0.05, 0) is 127 Å². The van der Waals surface area contributed by atoms with Crippen molar-refractivity contribution in [3.63, 3.8) is 0 Å². The molecule has 0 spiro atoms. The first-order valence-electron chi connectivity index (χ1n) is 17.7. The van der Waals surface area contributed by atoms with E-state index in [2.05, 4.69) is 187 Å². The Morgan fingerprint density at radius 3 is 2.12 bits per heavy atom. The van der Waals surface area contributed by atoms with Crippen molar-refractivity contribution < 1.29 is 0 Å². The van der Waals surface area contributed by atoms with Gasteiger partial charge < -0.3 is 10.2 Å². The third-order valence-corrected chi connectivity index (χ3v) is 11.0. The summed E-state index contributed by atoms with van der Waals surface area (Å²) in [5.74, 6) is 0. The van der Waals surface area contributed by atoms with Crippen LogP contribution >= 0.6 is 0 Å². The SMILES string of the molecule is CC1(c2ccc3c(C4=Cc5ccccc5CC4)c4ccccc4c(-c4ccc5ccccc5c4)c3c2)Nc2ccccc2N1c1ccccc1. The van der Waals surface area contributed by atoms with E-state index in [0.29, 0.717) is 0 Å². The summed E-state index contributed by atoms with van der Waals surface area (Å²) in [5.41, 5.74) is 12.2. The number of hydrogen-bond acceptors (Lipinski definition) is 2. The highest BCUT2D eigenvalue weighted by atomic mass is 15.4. The van der Waals surface area contributed by atoms with Crippen LogP contribution in [0, 0.1) is 0 Å². The van der Waals surface area contributed by atoms with E-state index >= 15 is 0 Å². The Balaban J connectivity index is 1.28. The van der Waals surface area contributed by atoms with Crippen LogP contribution in [0.4, 0.5) is 17.1 Å². The number of anilines is 3. The Kier molecular flexibility index (Phi) is 6.47. The van der Waals surface area contributed by atoms with Crippen molar-refractivity contribution in [2.75, 3.05) is 10.2 Å². The van der Waals surface area contributed by atoms with Crippen LogP contribution in [0.3, 0.4) is 0 Å². The highest BCUT2D eigenvalue weighted by Gasteiger charge is 2.42. The maximum Gasteiger partial charge on any atom is 0.138 e. The molecule has 10 rings (SSSR count). The van der Waals surface area contributed by atoms with Gasteiger partial charge in [-0.3, -0.25) is 0 Å². The summed E-state index contributed by atoms with van der Waals surface area (Å²) in [4.78, 5) is 2.46. The third kappa shape index (κ3) is 4.42. The van der Waals surface area contributed by atoms with Crippen molar-refractivity contribution in [3.05, 3.63) is 186 Å². The molecule has 1 N–H and O–H groups in total. The van der Waals surface area contributed by atoms with E-state index in [-0.39, 0.29) is 0 Å². The van der Waals surface area contributed by atoms with Gasteiger partial charge in [-0.2, -0.15) is 0 Å². The maximum absolute atomic E-state index is 3.96. The zero-order valence-corrected chi connectivity index (χ0v) is 28.0. The lowest BCUT2D eigenvalue weighted by atomic mass is 9.80. The van der Waals surface area contributed by atoms with Crippen LogP contribution in [0.25, 0.3) is 55.1 Å². The molecule has 0 saturated heterocycles. The average Bonchev–Trinajstić information content (AvgIpc) is 3.49. The largest absolute Gasteiger partial charge is 0.357 e. The van der Waals surface area contributed by atoms with Gasteiger partial charge in [-0.1, -0.05) is 133 Å². The smallest absolute Gasteiger partial charge is 0.138 e. The molecular formula is C48H36N2. The van der Waals surface area contributed by atoms with Crippen molar-refractivity contribution >= 4 is 61.0 Å². The molecule has 0 amide bonds. The Hall–Kier alpha value is -6.12. The lowest BCUT2D eigenvalue weighted by molar-refractivity contribution is 0.578. The first-order valence-corrected chi connectivity index (χ1v) is 17.7. The molecule has 1 atom stereocenters. The van der Waals surface area contributed by atoms with Gasteiger partial charge in [-0.15, -0.1) is 0 Å². The number of hydrogen-bond donors (Lipinski definition) is 1. The predicted octanol–water partition coefficient (Wildman–Crippen LogP) is 12.7. The second kappa shape index (κ2) is 11.2. The number of aryl methyl sites for hydroxylation is 1. The van der Waals surface area contributed by atoms with Crippen molar-refractivity contribution in [2.45, 2.75) is 25.4 Å². The van der Waals surface area contributed by atoms with Crippen molar-refractivity contribution in [1.82, 2.24) is 0 Å². The fourth-order valence-corrected chi connectivity index (χ4v) is 8.62. The number of para-hydroxylation sites is 3. The molecule has 50 heavy (non-hydrogen) atoms. The standard InChI is InChI=1S/C48H36N2/c1-48(49-44-21-11-12-22-45(44)50(48)39-17-3-2-4-18-39)38-27-28-42-43(31-38)47(37-26-24-33-14-6-8-16-35(33)30-37)41-20-10-9-19-40(41)46(42)36-25-23-32-13-5-7-15-34(32)29-36/h2-22,24,26-31,49H,23,25H2,1H3. The normalized spacial score (nSPS) is 16.7. The summed E-state index contributed by atoms with van der Waals surface area (Å²) in [6.45, 7) is 2.32. The van der Waals surface area contributed by atoms with E-state index in [9.17, 15) is 0 Å². The zero-order chi connectivity index (χ0) is 33.2. The van der Waals surface area contributed by atoms with E-state index < -0.39 is 5.66 Å². The highest BCUT2D eigenvalue weighted by molar-refractivity contribution is 6.20. The molecule has 0 bridgehead atoms. The van der Waals surface area contributed by atoms with E-state index in [1.807, 2.05) is 0 Å². The van der Waals surface area contributed by atoms with Gasteiger partial charge in [0.25, 0.3) is 0 Å². The maximum atomic E-state index is 3.96. The van der Waals surface area contributed by atoms with Crippen LogP contribution in [0.5, 0.6) is 0 Å². The summed E-state index contributed by atoms with van der Waals surface area (Å²) < 4.78 is 0. The molecule has 0 saturated carbocycles. The molecule has 1 heterocycles. The Bertz CT molecular complexity index is 2650. The van der Waals surface area contributed by atoms with Gasteiger partial charge in [0.15, 0.2) is 0 Å². The number of allylic oxidation sites excluding steroid dienone is 1. The van der Waals surface area contributed by atoms with Crippen LogP contribution in [0.1, 0.15) is 35.6 Å². The molecule has 0 radical (unpaired) electrons. The Morgan fingerprint density at radius 1 is 0.540 bits per heavy atom. The van der Waals surface area contributed by atoms with Crippen molar-refractivity contribution in [2.24, 2.45) is 0 Å². The number of fused-ring (bicyclic) bond motifs is 5. The molecule has 0 fully saturated rings. The summed E-state index contributed by atoms with van der Waals surface area (Å²) >= 11 is 0. The first-order chi connectivity index (χ1) is 24.7. The molecule has 1 aliphatic heterocycles. The van der Waals surface area contributed by atoms with Crippen LogP contribution in [-0.2, 0) is 12.1 Å². The molecule has 8 aromatic carbocycles. The molecule has 8 aromatic rings. The molecule has 238 valence electrons. The summed E-state index contributed by atoms with van der Waals surface area (Å²) in [6, 6.07) is 60.2. The fourth-order valence-electron chi connectivity index (χ4n) is 8.62. The predicted molar refractivity (Wildman–Crippen MR) is 213 cm³/mol. The molecule has 1 unspecified atom stereocenters. The van der Waals surface area contributed by atoms with Crippen LogP contribution in [0.2, 0.25) is 0 Å². The Labute approximate surface area is 293 Å². The quantitative estimate of drug-likeness (QED) is 0.193. The second-order valence-corrected chi connectivity index (χ2v) is 13.9. The minimum absolute atomic E-state index is 0.519. The molecule has 2 aliphatic rings. The molecule has 2 heteroatoms. The lowest BCUT2D eigenvalue weighted by Gasteiger charge is -2.38. The summed E-state index contributed by atoms with van der Waals surface area (Å²) in [7, 11) is 0. The van der Waals surface area contributed by atoms with Gasteiger partial charge in [0.05, 0.1) is 11.4 Å². The van der Waals surface area contributed by atoms with Gasteiger partial charge in [0.1, 0.15) is 5.66 Å². The molecule has 0 aromatic heterocycles. The summed E-state index contributed by atoms with van der Waals surface area (Å²) in [5, 5.41) is 11.6. The van der Waals surface area contributed by atoms with Crippen LogP contribution in [-0.4, -0.2) is 0 Å². The minimum Gasteiger partial charge on any atom is -0.357 e. The second-order valence-electron chi connectivity index (χ2n) is 13.9. The monoisotopic (exact) mass is 640 g/mol. The van der Waals surface area contributed by atoms with Crippen LogP contribution < -0.4 is 10.2 Å². The van der Waals surface area contributed by atoms with E-state index in [4.69, 9.17) is 0 Å². The molecule has 2 nitrogen and oxygen atoms in total. The summed E-state index contributed by atoms with van der Waals surface area (Å²) in [6.07, 6.45) is 4.51. The average molecular weight is 641 g/mol. The molecular weight excluding hydrogens is 605 g/mol. The van der Waals surface area contributed by atoms with E-state index in [1.165, 1.54) is 77.0 Å².